The van der Waals surface area contributed by atoms with Crippen LogP contribution in [0.4, 0.5) is 0 Å². The minimum absolute atomic E-state index is 0.264. The van der Waals surface area contributed by atoms with Crippen LogP contribution in [0.25, 0.3) is 0 Å². The highest BCUT2D eigenvalue weighted by molar-refractivity contribution is 5.80. The van der Waals surface area contributed by atoms with Crippen LogP contribution in [-0.2, 0) is 14.3 Å². The van der Waals surface area contributed by atoms with E-state index >= 15 is 0 Å². The number of carbonyl (C=O) groups excluding carboxylic acids is 1. The molecule has 0 radical (unpaired) electrons. The lowest BCUT2D eigenvalue weighted by molar-refractivity contribution is -0.303. The number of rotatable bonds is 35. The first-order valence-corrected chi connectivity index (χ1v) is 21.4. The Hall–Kier alpha value is -0.890. The second-order valence-corrected chi connectivity index (χ2v) is 15.4. The van der Waals surface area contributed by atoms with Crippen LogP contribution < -0.4 is 5.32 Å². The zero-order valence-corrected chi connectivity index (χ0v) is 33.1. The van der Waals surface area contributed by atoms with E-state index < -0.39 is 74.2 Å². The van der Waals surface area contributed by atoms with Crippen molar-refractivity contribution in [3.63, 3.8) is 0 Å². The van der Waals surface area contributed by atoms with Crippen LogP contribution in [0.2, 0.25) is 0 Å². The normalized spacial score (nSPS) is 23.0. The lowest BCUT2D eigenvalue weighted by atomic mass is 9.98. The van der Waals surface area contributed by atoms with Crippen molar-refractivity contribution in [3.05, 3.63) is 0 Å². The maximum Gasteiger partial charge on any atom is 0.249 e. The van der Waals surface area contributed by atoms with Gasteiger partial charge < -0.3 is 50.5 Å². The number of unbranched alkanes of at least 4 members (excludes halogenated alkanes) is 23. The van der Waals surface area contributed by atoms with Crippen molar-refractivity contribution in [2.45, 2.75) is 242 Å². The quantitative estimate of drug-likeness (QED) is 0.0360. The predicted molar refractivity (Wildman–Crippen MR) is 206 cm³/mol. The lowest BCUT2D eigenvalue weighted by Gasteiger charge is -2.40. The van der Waals surface area contributed by atoms with E-state index in [1.54, 1.807) is 0 Å². The Labute approximate surface area is 316 Å². The van der Waals surface area contributed by atoms with Crippen LogP contribution in [0.15, 0.2) is 0 Å². The summed E-state index contributed by atoms with van der Waals surface area (Å²) in [6, 6.07) is -1.16. The van der Waals surface area contributed by atoms with Gasteiger partial charge in [-0.15, -0.1) is 0 Å². The Balaban J connectivity index is 2.48. The molecule has 1 aliphatic heterocycles. The molecule has 0 saturated carbocycles. The first-order valence-electron chi connectivity index (χ1n) is 21.4. The van der Waals surface area contributed by atoms with E-state index in [0.717, 1.165) is 38.5 Å². The highest BCUT2D eigenvalue weighted by Crippen LogP contribution is 2.23. The third-order valence-corrected chi connectivity index (χ3v) is 10.7. The number of amides is 1. The molecule has 1 fully saturated rings. The molecule has 52 heavy (non-hydrogen) atoms. The average molecular weight is 748 g/mol. The van der Waals surface area contributed by atoms with E-state index in [4.69, 9.17) is 9.47 Å². The summed E-state index contributed by atoms with van der Waals surface area (Å²) in [5.74, 6) is -0.698. The van der Waals surface area contributed by atoms with E-state index in [2.05, 4.69) is 19.2 Å². The number of carbonyl (C=O) groups is 1. The monoisotopic (exact) mass is 748 g/mol. The fourth-order valence-corrected chi connectivity index (χ4v) is 7.03. The topological polar surface area (TPSA) is 189 Å². The van der Waals surface area contributed by atoms with E-state index in [0.29, 0.717) is 19.3 Å². The molecule has 8 N–H and O–H groups in total. The lowest BCUT2D eigenvalue weighted by Crippen LogP contribution is -2.60. The molecular weight excluding hydrogens is 666 g/mol. The number of nitrogens with one attached hydrogen (secondary N) is 1. The highest BCUT2D eigenvalue weighted by atomic mass is 16.7. The first kappa shape index (κ1) is 49.1. The summed E-state index contributed by atoms with van der Waals surface area (Å²) in [5.41, 5.74) is 0. The second kappa shape index (κ2) is 32.4. The zero-order valence-electron chi connectivity index (χ0n) is 33.1. The molecule has 1 heterocycles. The number of aliphatic hydroxyl groups excluding tert-OH is 7. The molecule has 9 atom stereocenters. The largest absolute Gasteiger partial charge is 0.394 e. The van der Waals surface area contributed by atoms with Crippen LogP contribution in [0.1, 0.15) is 187 Å². The van der Waals surface area contributed by atoms with Crippen LogP contribution in [0.5, 0.6) is 0 Å². The van der Waals surface area contributed by atoms with Crippen molar-refractivity contribution >= 4 is 5.91 Å². The number of ether oxygens (including phenoxy) is 2. The SMILES string of the molecule is CCCCCCCCCCCCCCCCCCC(O)C(O)C(COC1OC(CO)C(O)C(O)C1O)NC(=O)C(O)CCCCCCCCCCC. The Morgan fingerprint density at radius 3 is 1.42 bits per heavy atom. The van der Waals surface area contributed by atoms with Crippen LogP contribution in [0.3, 0.4) is 0 Å². The summed E-state index contributed by atoms with van der Waals surface area (Å²) in [5, 5.41) is 75.3. The van der Waals surface area contributed by atoms with Crippen molar-refractivity contribution in [2.75, 3.05) is 13.2 Å². The van der Waals surface area contributed by atoms with Gasteiger partial charge >= 0.3 is 0 Å². The van der Waals surface area contributed by atoms with Gasteiger partial charge in [0.25, 0.3) is 0 Å². The maximum absolute atomic E-state index is 13.0. The predicted octanol–water partition coefficient (Wildman–Crippen LogP) is 5.94. The van der Waals surface area contributed by atoms with E-state index in [1.807, 2.05) is 0 Å². The molecule has 0 aromatic heterocycles. The third-order valence-electron chi connectivity index (χ3n) is 10.7. The number of aliphatic hydroxyl groups is 7. The summed E-state index contributed by atoms with van der Waals surface area (Å²) in [6.45, 7) is 3.40. The molecule has 11 nitrogen and oxygen atoms in total. The van der Waals surface area contributed by atoms with Gasteiger partial charge in [0.1, 0.15) is 36.6 Å². The minimum Gasteiger partial charge on any atom is -0.394 e. The Kier molecular flexibility index (Phi) is 30.6. The molecule has 0 aliphatic carbocycles. The molecule has 0 spiro atoms. The summed E-state index contributed by atoms with van der Waals surface area (Å²) in [4.78, 5) is 13.0. The number of hydrogen-bond donors (Lipinski definition) is 8. The van der Waals surface area contributed by atoms with Gasteiger partial charge in [-0.2, -0.15) is 0 Å². The molecule has 1 aliphatic rings. The van der Waals surface area contributed by atoms with Crippen LogP contribution >= 0.6 is 0 Å². The molecule has 9 unspecified atom stereocenters. The average Bonchev–Trinajstić information content (AvgIpc) is 3.14. The van der Waals surface area contributed by atoms with Crippen molar-refractivity contribution in [3.8, 4) is 0 Å². The Morgan fingerprint density at radius 2 is 1.00 bits per heavy atom. The van der Waals surface area contributed by atoms with Crippen LogP contribution in [-0.4, -0.2) is 110 Å². The zero-order chi connectivity index (χ0) is 38.4. The second-order valence-electron chi connectivity index (χ2n) is 15.4. The molecule has 0 bridgehead atoms. The van der Waals surface area contributed by atoms with Gasteiger partial charge in [0.15, 0.2) is 6.29 Å². The van der Waals surface area contributed by atoms with Gasteiger partial charge in [0.2, 0.25) is 5.91 Å². The van der Waals surface area contributed by atoms with E-state index in [-0.39, 0.29) is 6.42 Å². The van der Waals surface area contributed by atoms with Gasteiger partial charge in [-0.3, -0.25) is 4.79 Å². The molecule has 0 aromatic rings. The van der Waals surface area contributed by atoms with Crippen LogP contribution in [0, 0.1) is 0 Å². The van der Waals surface area contributed by atoms with Crippen molar-refractivity contribution in [1.82, 2.24) is 5.32 Å². The van der Waals surface area contributed by atoms with Gasteiger partial charge in [-0.05, 0) is 12.8 Å². The van der Waals surface area contributed by atoms with Crippen molar-refractivity contribution in [1.29, 1.82) is 0 Å². The smallest absolute Gasteiger partial charge is 0.249 e. The maximum atomic E-state index is 13.0. The highest BCUT2D eigenvalue weighted by Gasteiger charge is 2.44. The Morgan fingerprint density at radius 1 is 0.596 bits per heavy atom. The number of hydrogen-bond acceptors (Lipinski definition) is 10. The summed E-state index contributed by atoms with van der Waals surface area (Å²) >= 11 is 0. The molecule has 1 amide bonds. The van der Waals surface area contributed by atoms with E-state index in [1.165, 1.54) is 109 Å². The summed E-state index contributed by atoms with van der Waals surface area (Å²) < 4.78 is 11.0. The molecule has 310 valence electrons. The van der Waals surface area contributed by atoms with Gasteiger partial charge in [0, 0.05) is 0 Å². The summed E-state index contributed by atoms with van der Waals surface area (Å²) in [7, 11) is 0. The van der Waals surface area contributed by atoms with Crippen molar-refractivity contribution in [2.24, 2.45) is 0 Å². The Bertz CT molecular complexity index is 820. The van der Waals surface area contributed by atoms with E-state index in [9.17, 15) is 40.5 Å². The molecular formula is C41H81NO10. The first-order chi connectivity index (χ1) is 25.2. The van der Waals surface area contributed by atoms with Crippen molar-refractivity contribution < 1.29 is 50.0 Å². The third kappa shape index (κ3) is 22.5. The van der Waals surface area contributed by atoms with Gasteiger partial charge in [0.05, 0.1) is 25.4 Å². The minimum atomic E-state index is -1.65. The molecule has 1 rings (SSSR count). The molecule has 0 aromatic carbocycles. The fourth-order valence-electron chi connectivity index (χ4n) is 7.03. The summed E-state index contributed by atoms with van der Waals surface area (Å²) in [6.07, 6.45) is 18.8. The van der Waals surface area contributed by atoms with Gasteiger partial charge in [-0.25, -0.2) is 0 Å². The molecule has 1 saturated heterocycles. The molecule has 11 heteroatoms. The fraction of sp³-hybridized carbons (Fsp3) is 0.976. The standard InChI is InChI=1S/C41H81NO10/c1-3-5-7-9-11-13-14-15-16-17-18-19-21-22-24-26-28-33(44)36(46)32(31-51-41-39(49)38(48)37(47)35(30-43)52-41)42-40(50)34(45)29-27-25-23-20-12-10-8-6-4-2/h32-39,41,43-49H,3-31H2,1-2H3,(H,42,50). The van der Waals surface area contributed by atoms with Gasteiger partial charge in [-0.1, -0.05) is 174 Å².